The summed E-state index contributed by atoms with van der Waals surface area (Å²) >= 11 is 1.43. The van der Waals surface area contributed by atoms with Gasteiger partial charge in [0.2, 0.25) is 0 Å². The zero-order valence-electron chi connectivity index (χ0n) is 12.1. The molecule has 0 fully saturated rings. The summed E-state index contributed by atoms with van der Waals surface area (Å²) in [5, 5.41) is 0.678. The monoisotopic (exact) mass is 325 g/mol. The van der Waals surface area contributed by atoms with Gasteiger partial charge in [0.05, 0.1) is 22.4 Å². The first-order valence-corrected chi connectivity index (χ1v) is 8.00. The van der Waals surface area contributed by atoms with Gasteiger partial charge in [-0.1, -0.05) is 18.7 Å². The molecule has 23 heavy (non-hydrogen) atoms. The number of halogens is 1. The van der Waals surface area contributed by atoms with Crippen molar-refractivity contribution >= 4 is 32.9 Å². The number of thiazole rings is 1. The van der Waals surface area contributed by atoms with Crippen LogP contribution in [0.25, 0.3) is 15.8 Å². The van der Waals surface area contributed by atoms with Gasteiger partial charge < -0.3 is 4.74 Å². The van der Waals surface area contributed by atoms with Crippen LogP contribution in [0, 0.1) is 5.82 Å². The molecule has 5 heteroatoms. The molecule has 0 saturated heterocycles. The Labute approximate surface area is 136 Å². The van der Waals surface area contributed by atoms with Crippen molar-refractivity contribution < 1.29 is 13.9 Å². The number of hydrogen-bond donors (Lipinski definition) is 0. The summed E-state index contributed by atoms with van der Waals surface area (Å²) < 4.78 is 19.8. The largest absolute Gasteiger partial charge is 0.492 e. The fourth-order valence-electron chi connectivity index (χ4n) is 2.71. The van der Waals surface area contributed by atoms with E-state index in [1.807, 2.05) is 12.1 Å². The quantitative estimate of drug-likeness (QED) is 0.698. The van der Waals surface area contributed by atoms with E-state index < -0.39 is 0 Å². The molecule has 0 spiro atoms. The molecule has 3 nitrogen and oxygen atoms in total. The maximum Gasteiger partial charge on any atom is 0.170 e. The Balaban J connectivity index is 1.84. The Morgan fingerprint density at radius 3 is 3.04 bits per heavy atom. The van der Waals surface area contributed by atoms with Crippen LogP contribution in [0.3, 0.4) is 0 Å². The van der Waals surface area contributed by atoms with Crippen molar-refractivity contribution in [3.05, 3.63) is 64.9 Å². The zero-order chi connectivity index (χ0) is 16.0. The Morgan fingerprint density at radius 2 is 2.17 bits per heavy atom. The van der Waals surface area contributed by atoms with Crippen LogP contribution in [-0.2, 0) is 0 Å². The van der Waals surface area contributed by atoms with Crippen molar-refractivity contribution in [1.82, 2.24) is 4.98 Å². The molecule has 2 heterocycles. The van der Waals surface area contributed by atoms with E-state index in [2.05, 4.69) is 11.6 Å². The first kappa shape index (κ1) is 14.1. The lowest BCUT2D eigenvalue weighted by atomic mass is 9.94. The number of carbonyl (C=O) groups excluding carboxylic acids is 1. The number of hydrogen-bond acceptors (Lipinski definition) is 4. The van der Waals surface area contributed by atoms with Crippen LogP contribution in [-0.4, -0.2) is 17.4 Å². The van der Waals surface area contributed by atoms with Crippen molar-refractivity contribution in [3.63, 3.8) is 0 Å². The number of aromatic nitrogens is 1. The predicted molar refractivity (Wildman–Crippen MR) is 88.6 cm³/mol. The number of nitrogens with zero attached hydrogens (tertiary/aromatic N) is 1. The molecule has 0 atom stereocenters. The summed E-state index contributed by atoms with van der Waals surface area (Å²) in [6, 6.07) is 9.99. The number of rotatable bonds is 2. The third-order valence-electron chi connectivity index (χ3n) is 3.82. The van der Waals surface area contributed by atoms with Crippen molar-refractivity contribution in [2.45, 2.75) is 6.42 Å². The van der Waals surface area contributed by atoms with Gasteiger partial charge in [0, 0.05) is 18.1 Å². The summed E-state index contributed by atoms with van der Waals surface area (Å²) in [5.74, 6) is 0.322. The van der Waals surface area contributed by atoms with Crippen molar-refractivity contribution in [2.24, 2.45) is 0 Å². The molecule has 1 aliphatic rings. The van der Waals surface area contributed by atoms with Gasteiger partial charge in [0.1, 0.15) is 16.6 Å². The maximum atomic E-state index is 13.3. The van der Waals surface area contributed by atoms with Crippen LogP contribution < -0.4 is 4.74 Å². The molecule has 1 aromatic heterocycles. The Kier molecular flexibility index (Phi) is 3.23. The molecule has 4 rings (SSSR count). The Morgan fingerprint density at radius 1 is 1.30 bits per heavy atom. The number of ether oxygens (including phenoxy) is 1. The number of Topliss-reactive ketones (excluding diaryl/α,β-unsaturated/α-hetero) is 1. The van der Waals surface area contributed by atoms with Crippen molar-refractivity contribution in [3.8, 4) is 5.75 Å². The number of ketones is 1. The van der Waals surface area contributed by atoms with E-state index in [1.54, 1.807) is 12.1 Å². The molecule has 3 aromatic rings. The number of benzene rings is 2. The fourth-order valence-corrected chi connectivity index (χ4v) is 3.64. The Bertz CT molecular complexity index is 961. The molecule has 2 aromatic carbocycles. The second kappa shape index (κ2) is 5.28. The lowest BCUT2D eigenvalue weighted by Gasteiger charge is -2.19. The third-order valence-corrected chi connectivity index (χ3v) is 4.92. The molecule has 0 radical (unpaired) electrons. The van der Waals surface area contributed by atoms with E-state index in [4.69, 9.17) is 4.74 Å². The van der Waals surface area contributed by atoms with Gasteiger partial charge in [-0.3, -0.25) is 4.79 Å². The van der Waals surface area contributed by atoms with Gasteiger partial charge in [0.15, 0.2) is 5.78 Å². The van der Waals surface area contributed by atoms with Crippen LogP contribution in [0.2, 0.25) is 0 Å². The van der Waals surface area contributed by atoms with Crippen LogP contribution in [0.5, 0.6) is 5.75 Å². The molecular weight excluding hydrogens is 313 g/mol. The first-order valence-electron chi connectivity index (χ1n) is 7.18. The number of carbonyl (C=O) groups is 1. The minimum atomic E-state index is -0.319. The van der Waals surface area contributed by atoms with Crippen molar-refractivity contribution in [2.75, 3.05) is 6.61 Å². The van der Waals surface area contributed by atoms with Crippen LogP contribution in [0.15, 0.2) is 43.0 Å². The average Bonchev–Trinajstić information content (AvgIpc) is 2.97. The molecule has 1 aliphatic heterocycles. The molecule has 0 amide bonds. The van der Waals surface area contributed by atoms with Gasteiger partial charge in [-0.05, 0) is 23.8 Å². The lowest BCUT2D eigenvalue weighted by Crippen LogP contribution is -2.17. The predicted octanol–water partition coefficient (Wildman–Crippen LogP) is 4.46. The molecule has 114 valence electrons. The summed E-state index contributed by atoms with van der Waals surface area (Å²) in [4.78, 5) is 16.7. The molecular formula is C18H12FNO2S. The smallest absolute Gasteiger partial charge is 0.170 e. The normalized spacial score (nSPS) is 13.7. The highest BCUT2D eigenvalue weighted by atomic mass is 32.1. The van der Waals surface area contributed by atoms with E-state index >= 15 is 0 Å². The summed E-state index contributed by atoms with van der Waals surface area (Å²) in [6.07, 6.45) is 0.363. The summed E-state index contributed by atoms with van der Waals surface area (Å²) in [5.41, 5.74) is 2.54. The van der Waals surface area contributed by atoms with Crippen LogP contribution in [0.4, 0.5) is 4.39 Å². The van der Waals surface area contributed by atoms with E-state index in [0.29, 0.717) is 40.4 Å². The first-order chi connectivity index (χ1) is 11.1. The van der Waals surface area contributed by atoms with Crippen LogP contribution in [0.1, 0.15) is 27.3 Å². The number of fused-ring (bicyclic) bond motifs is 2. The molecule has 0 bridgehead atoms. The average molecular weight is 325 g/mol. The molecule has 0 unspecified atom stereocenters. The minimum Gasteiger partial charge on any atom is -0.492 e. The van der Waals surface area contributed by atoms with Crippen LogP contribution >= 0.6 is 11.3 Å². The van der Waals surface area contributed by atoms with Gasteiger partial charge >= 0.3 is 0 Å². The van der Waals surface area contributed by atoms with E-state index in [1.165, 1.54) is 23.5 Å². The van der Waals surface area contributed by atoms with E-state index in [9.17, 15) is 9.18 Å². The second-order valence-corrected chi connectivity index (χ2v) is 6.34. The van der Waals surface area contributed by atoms with E-state index in [0.717, 1.165) is 10.3 Å². The second-order valence-electron chi connectivity index (χ2n) is 5.31. The lowest BCUT2D eigenvalue weighted by molar-refractivity contribution is 0.0933. The van der Waals surface area contributed by atoms with Crippen molar-refractivity contribution in [1.29, 1.82) is 0 Å². The zero-order valence-corrected chi connectivity index (χ0v) is 13.0. The summed E-state index contributed by atoms with van der Waals surface area (Å²) in [6.45, 7) is 4.51. The van der Waals surface area contributed by atoms with Gasteiger partial charge in [-0.25, -0.2) is 9.37 Å². The van der Waals surface area contributed by atoms with Gasteiger partial charge in [-0.15, -0.1) is 11.3 Å². The fraction of sp³-hybridized carbons (Fsp3) is 0.111. The highest BCUT2D eigenvalue weighted by Crippen LogP contribution is 2.36. The standard InChI is InChI=1S/C18H12FNO2S/c1-10(18-20-13-9-11(19)5-6-16(13)23-18)12-3-2-4-15-17(12)14(21)7-8-22-15/h2-6,9H,1,7-8H2. The Hall–Kier alpha value is -2.53. The van der Waals surface area contributed by atoms with Gasteiger partial charge in [-0.2, -0.15) is 0 Å². The van der Waals surface area contributed by atoms with E-state index in [-0.39, 0.29) is 11.6 Å². The molecule has 0 saturated carbocycles. The highest BCUT2D eigenvalue weighted by Gasteiger charge is 2.24. The third kappa shape index (κ3) is 2.33. The highest BCUT2D eigenvalue weighted by molar-refractivity contribution is 7.19. The molecule has 0 aliphatic carbocycles. The maximum absolute atomic E-state index is 13.3. The minimum absolute atomic E-state index is 0.0511. The topological polar surface area (TPSA) is 39.2 Å². The summed E-state index contributed by atoms with van der Waals surface area (Å²) in [7, 11) is 0. The SMILES string of the molecule is C=C(c1nc2cc(F)ccc2s1)c1cccc2c1C(=O)CCO2. The van der Waals surface area contributed by atoms with Gasteiger partial charge in [0.25, 0.3) is 0 Å². The molecule has 0 N–H and O–H groups in total.